The van der Waals surface area contributed by atoms with Crippen LogP contribution in [-0.2, 0) is 4.79 Å². The minimum atomic E-state index is -0.712. The third kappa shape index (κ3) is 8.55. The van der Waals surface area contributed by atoms with Gasteiger partial charge in [0.1, 0.15) is 40.5 Å². The molecule has 11 heteroatoms. The van der Waals surface area contributed by atoms with Crippen LogP contribution in [0.4, 0.5) is 14.6 Å². The highest BCUT2D eigenvalue weighted by atomic mass is 19.1. The molecule has 2 unspecified atom stereocenters. The summed E-state index contributed by atoms with van der Waals surface area (Å²) in [6.45, 7) is 6.04. The molecule has 3 saturated heterocycles. The number of piperidine rings is 1. The highest BCUT2D eigenvalue weighted by molar-refractivity contribution is 6.03. The molecule has 0 saturated carbocycles. The number of carbonyl (C=O) groups is 1. The van der Waals surface area contributed by atoms with E-state index in [0.717, 1.165) is 71.2 Å². The van der Waals surface area contributed by atoms with Gasteiger partial charge in [-0.05, 0) is 75.6 Å². The third-order valence-electron chi connectivity index (χ3n) is 11.2. The van der Waals surface area contributed by atoms with Crippen molar-refractivity contribution >= 4 is 33.3 Å². The van der Waals surface area contributed by atoms with Crippen molar-refractivity contribution in [2.45, 2.75) is 109 Å². The fourth-order valence-electron chi connectivity index (χ4n) is 8.40. The Morgan fingerprint density at radius 2 is 1.68 bits per heavy atom. The number of piperazine rings is 1. The van der Waals surface area contributed by atoms with Crippen LogP contribution in [0.15, 0.2) is 30.5 Å². The van der Waals surface area contributed by atoms with Gasteiger partial charge in [0, 0.05) is 61.8 Å². The number of fused-ring (bicyclic) bond motifs is 4. The van der Waals surface area contributed by atoms with Crippen molar-refractivity contribution in [2.24, 2.45) is 0 Å². The van der Waals surface area contributed by atoms with E-state index in [1.807, 2.05) is 0 Å². The zero-order chi connectivity index (χ0) is 36.9. The van der Waals surface area contributed by atoms with Crippen LogP contribution in [0.5, 0.6) is 11.8 Å². The summed E-state index contributed by atoms with van der Waals surface area (Å²) >= 11 is 0. The number of aromatic nitrogens is 3. The van der Waals surface area contributed by atoms with Crippen molar-refractivity contribution < 1.29 is 23.4 Å². The summed E-state index contributed by atoms with van der Waals surface area (Å²) in [5, 5.41) is 15.5. The normalized spacial score (nSPS) is 19.2. The summed E-state index contributed by atoms with van der Waals surface area (Å²) < 4.78 is 38.2. The minimum absolute atomic E-state index is 0.0255. The van der Waals surface area contributed by atoms with E-state index in [9.17, 15) is 14.3 Å². The number of aromatic hydroxyl groups is 1. The van der Waals surface area contributed by atoms with E-state index >= 15 is 4.39 Å². The van der Waals surface area contributed by atoms with Crippen molar-refractivity contribution in [1.82, 2.24) is 25.2 Å². The molecule has 0 aliphatic carbocycles. The smallest absolute Gasteiger partial charge is 0.319 e. The monoisotopic (exact) mass is 724 g/mol. The molecule has 2 atom stereocenters. The number of anilines is 1. The first-order chi connectivity index (χ1) is 25.8. The summed E-state index contributed by atoms with van der Waals surface area (Å²) in [6, 6.07) is 6.36. The maximum atomic E-state index is 16.9. The first-order valence-electron chi connectivity index (χ1n) is 19.4. The predicted octanol–water partition coefficient (Wildman–Crippen LogP) is 7.69. The standard InChI is InChI=1S/C42H50F2N6O3/c1-3-33-36(43)16-13-28-22-31(52)23-34(37(28)33)39-38(44)40-35(24-45-39)41(50-25-29-14-15-30(26-50)46-29)48-42(47-40)53-32-17-20-49(21-18-32)19-11-9-7-5-4-6-8-10-12-27(2)51/h1,13,16,22-24,29-30,32,46,52H,4-12,14-15,17-21,25-26H2,2H3. The molecule has 3 aliphatic heterocycles. The number of pyridine rings is 1. The van der Waals surface area contributed by atoms with Crippen LogP contribution in [-0.4, -0.2) is 81.7 Å². The summed E-state index contributed by atoms with van der Waals surface area (Å²) in [7, 11) is 0. The molecule has 0 spiro atoms. The number of ether oxygens (including phenoxy) is 1. The lowest BCUT2D eigenvalue weighted by Gasteiger charge is -2.35. The molecule has 3 fully saturated rings. The number of benzene rings is 2. The van der Waals surface area contributed by atoms with E-state index < -0.39 is 11.6 Å². The van der Waals surface area contributed by atoms with Gasteiger partial charge >= 0.3 is 6.01 Å². The van der Waals surface area contributed by atoms with Gasteiger partial charge in [0.2, 0.25) is 0 Å². The number of phenolic OH excluding ortho intramolecular Hbond substituents is 1. The first kappa shape index (κ1) is 36.9. The van der Waals surface area contributed by atoms with E-state index in [-0.39, 0.29) is 46.0 Å². The second-order valence-electron chi connectivity index (χ2n) is 15.2. The van der Waals surface area contributed by atoms with Crippen LogP contribution in [0.3, 0.4) is 0 Å². The van der Waals surface area contributed by atoms with Crippen LogP contribution >= 0.6 is 0 Å². The fourth-order valence-corrected chi connectivity index (χ4v) is 8.40. The van der Waals surface area contributed by atoms with Gasteiger partial charge in [-0.2, -0.15) is 9.97 Å². The van der Waals surface area contributed by atoms with Crippen LogP contribution in [0.25, 0.3) is 32.9 Å². The van der Waals surface area contributed by atoms with Gasteiger partial charge in [0.15, 0.2) is 5.82 Å². The number of carbonyl (C=O) groups excluding carboxylic acids is 1. The topological polar surface area (TPSA) is 104 Å². The number of halogens is 2. The third-order valence-corrected chi connectivity index (χ3v) is 11.2. The van der Waals surface area contributed by atoms with Crippen molar-refractivity contribution in [3.05, 3.63) is 47.7 Å². The quantitative estimate of drug-likeness (QED) is 0.0944. The van der Waals surface area contributed by atoms with E-state index in [1.54, 1.807) is 13.1 Å². The molecule has 2 aromatic heterocycles. The maximum absolute atomic E-state index is 16.9. The molecule has 0 radical (unpaired) electrons. The van der Waals surface area contributed by atoms with Crippen LogP contribution in [0, 0.1) is 24.0 Å². The Labute approximate surface area is 310 Å². The van der Waals surface area contributed by atoms with E-state index in [0.29, 0.717) is 40.5 Å². The van der Waals surface area contributed by atoms with E-state index in [2.05, 4.69) is 31.0 Å². The van der Waals surface area contributed by atoms with Crippen molar-refractivity contribution in [3.8, 4) is 35.4 Å². The first-order valence-corrected chi connectivity index (χ1v) is 19.4. The Morgan fingerprint density at radius 1 is 0.981 bits per heavy atom. The molecule has 2 N–H and O–H groups in total. The van der Waals surface area contributed by atoms with Gasteiger partial charge < -0.3 is 29.8 Å². The number of unbranched alkanes of at least 4 members (excludes halogenated alkanes) is 7. The lowest BCUT2D eigenvalue weighted by atomic mass is 9.96. The number of rotatable bonds is 15. The number of hydrogen-bond donors (Lipinski definition) is 2. The lowest BCUT2D eigenvalue weighted by molar-refractivity contribution is -0.117. The molecular weight excluding hydrogens is 674 g/mol. The van der Waals surface area contributed by atoms with Crippen molar-refractivity contribution in [3.63, 3.8) is 0 Å². The summed E-state index contributed by atoms with van der Waals surface area (Å²) in [6.07, 6.45) is 21.2. The number of likely N-dealkylation sites (tertiary alicyclic amines) is 1. The highest BCUT2D eigenvalue weighted by Crippen LogP contribution is 2.39. The van der Waals surface area contributed by atoms with Gasteiger partial charge in [0.05, 0.1) is 10.9 Å². The molecule has 4 aromatic rings. The number of ketones is 1. The van der Waals surface area contributed by atoms with E-state index in [4.69, 9.17) is 16.1 Å². The molecule has 7 rings (SSSR count). The Bertz CT molecular complexity index is 1980. The average Bonchev–Trinajstić information content (AvgIpc) is 3.49. The number of Topliss-reactive ketones (excluding diaryl/α,β-unsaturated/α-hetero) is 1. The number of terminal acetylenes is 1. The summed E-state index contributed by atoms with van der Waals surface area (Å²) in [5.41, 5.74) is 0.129. The molecule has 2 bridgehead atoms. The number of phenols is 1. The zero-order valence-corrected chi connectivity index (χ0v) is 30.7. The lowest BCUT2D eigenvalue weighted by Crippen LogP contribution is -2.51. The van der Waals surface area contributed by atoms with Gasteiger partial charge in [0.25, 0.3) is 0 Å². The second kappa shape index (κ2) is 16.7. The number of nitrogens with one attached hydrogen (secondary N) is 1. The minimum Gasteiger partial charge on any atom is -0.508 e. The molecule has 0 amide bonds. The van der Waals surface area contributed by atoms with Crippen molar-refractivity contribution in [2.75, 3.05) is 37.6 Å². The average molecular weight is 725 g/mol. The predicted molar refractivity (Wildman–Crippen MR) is 204 cm³/mol. The number of nitrogens with zero attached hydrogens (tertiary/aromatic N) is 5. The van der Waals surface area contributed by atoms with Crippen LogP contribution in [0.2, 0.25) is 0 Å². The highest BCUT2D eigenvalue weighted by Gasteiger charge is 2.34. The summed E-state index contributed by atoms with van der Waals surface area (Å²) in [4.78, 5) is 29.9. The maximum Gasteiger partial charge on any atom is 0.319 e. The molecule has 2 aromatic carbocycles. The molecule has 280 valence electrons. The van der Waals surface area contributed by atoms with Crippen LogP contribution in [0.1, 0.15) is 96.0 Å². The molecule has 9 nitrogen and oxygen atoms in total. The molecule has 53 heavy (non-hydrogen) atoms. The second-order valence-corrected chi connectivity index (χ2v) is 15.2. The van der Waals surface area contributed by atoms with Gasteiger partial charge in [-0.15, -0.1) is 6.42 Å². The van der Waals surface area contributed by atoms with Gasteiger partial charge in [-0.25, -0.2) is 8.78 Å². The number of hydrogen-bond acceptors (Lipinski definition) is 9. The van der Waals surface area contributed by atoms with Gasteiger partial charge in [-0.1, -0.05) is 50.5 Å². The van der Waals surface area contributed by atoms with Crippen molar-refractivity contribution in [1.29, 1.82) is 0 Å². The molecule has 3 aliphatic rings. The Kier molecular flexibility index (Phi) is 11.7. The Hall–Kier alpha value is -4.40. The van der Waals surface area contributed by atoms with Gasteiger partial charge in [-0.3, -0.25) is 4.98 Å². The largest absolute Gasteiger partial charge is 0.508 e. The molecular formula is C42H50F2N6O3. The van der Waals surface area contributed by atoms with Crippen LogP contribution < -0.4 is 15.0 Å². The Morgan fingerprint density at radius 3 is 2.38 bits per heavy atom. The van der Waals surface area contributed by atoms with E-state index in [1.165, 1.54) is 62.8 Å². The summed E-state index contributed by atoms with van der Waals surface area (Å²) in [5.74, 6) is 1.84. The SMILES string of the molecule is C#Cc1c(F)ccc2cc(O)cc(-c3ncc4c(N5CC6CCC(C5)N6)nc(OC5CCN(CCCCCCCCCCC(C)=O)CC5)nc4c3F)c12. The molecule has 5 heterocycles. The Balaban J connectivity index is 1.07. The zero-order valence-electron chi connectivity index (χ0n) is 30.7. The fraction of sp³-hybridized carbons (Fsp3) is 0.524.